The maximum absolute atomic E-state index is 13.2. The maximum Gasteiger partial charge on any atom is 0.316 e. The molecule has 1 saturated heterocycles. The van der Waals surface area contributed by atoms with E-state index in [0.29, 0.717) is 28.9 Å². The quantitative estimate of drug-likeness (QED) is 0.513. The summed E-state index contributed by atoms with van der Waals surface area (Å²) in [5, 5.41) is 7.34. The number of methoxy groups -OCH3 is 1. The normalized spacial score (nSPS) is 18.8. The summed E-state index contributed by atoms with van der Waals surface area (Å²) < 4.78 is 7.13. The van der Waals surface area contributed by atoms with Crippen molar-refractivity contribution < 1.29 is 9.53 Å². The molecule has 4 aromatic rings. The van der Waals surface area contributed by atoms with E-state index in [1.54, 1.807) is 12.4 Å². The molecule has 2 atom stereocenters. The number of nitrogens with one attached hydrogen (secondary N) is 2. The van der Waals surface area contributed by atoms with Gasteiger partial charge in [0.1, 0.15) is 5.65 Å². The maximum atomic E-state index is 13.2. The van der Waals surface area contributed by atoms with E-state index < -0.39 is 0 Å². The Kier molecular flexibility index (Phi) is 5.10. The number of carbonyl (C=O) groups excluding carboxylic acids is 1. The minimum atomic E-state index is -0.250. The Morgan fingerprint density at radius 3 is 2.75 bits per heavy atom. The van der Waals surface area contributed by atoms with Crippen LogP contribution >= 0.6 is 0 Å². The minimum Gasteiger partial charge on any atom is -0.467 e. The van der Waals surface area contributed by atoms with E-state index in [4.69, 9.17) is 4.74 Å². The second kappa shape index (κ2) is 8.08. The minimum absolute atomic E-state index is 0.226. The van der Waals surface area contributed by atoms with Gasteiger partial charge in [-0.15, -0.1) is 0 Å². The number of fused-ring (bicyclic) bond motifs is 2. The molecule has 1 aliphatic rings. The van der Waals surface area contributed by atoms with Gasteiger partial charge in [-0.2, -0.15) is 4.98 Å². The molecule has 0 bridgehead atoms. The van der Waals surface area contributed by atoms with Crippen molar-refractivity contribution in [2.75, 3.05) is 30.4 Å². The molecule has 3 aromatic heterocycles. The Bertz CT molecular complexity index is 1290. The lowest BCUT2D eigenvalue weighted by molar-refractivity contribution is 0.102. The van der Waals surface area contributed by atoms with Crippen LogP contribution in [0, 0.1) is 0 Å². The summed E-state index contributed by atoms with van der Waals surface area (Å²) in [6.07, 6.45) is 7.17. The predicted molar refractivity (Wildman–Crippen MR) is 124 cm³/mol. The molecule has 2 N–H and O–H groups in total. The number of aromatic nitrogens is 4. The third-order valence-electron chi connectivity index (χ3n) is 5.69. The van der Waals surface area contributed by atoms with E-state index in [-0.39, 0.29) is 11.9 Å². The Labute approximate surface area is 185 Å². The van der Waals surface area contributed by atoms with Crippen LogP contribution in [0.3, 0.4) is 0 Å². The molecule has 32 heavy (non-hydrogen) atoms. The van der Waals surface area contributed by atoms with Gasteiger partial charge in [0, 0.05) is 72.8 Å². The lowest BCUT2D eigenvalue weighted by atomic mass is 10.0. The number of hydrogen-bond donors (Lipinski definition) is 2. The number of imidazole rings is 1. The lowest BCUT2D eigenvalue weighted by Gasteiger charge is -2.38. The third-order valence-corrected chi connectivity index (χ3v) is 5.69. The number of benzene rings is 1. The average molecular weight is 432 g/mol. The van der Waals surface area contributed by atoms with Crippen molar-refractivity contribution in [3.63, 3.8) is 0 Å². The van der Waals surface area contributed by atoms with Crippen molar-refractivity contribution in [1.29, 1.82) is 0 Å². The van der Waals surface area contributed by atoms with Gasteiger partial charge in [0.15, 0.2) is 0 Å². The number of anilines is 2. The first-order chi connectivity index (χ1) is 15.5. The number of ether oxygens (including phenoxy) is 1. The SMILES string of the molecule is COc1ncc2c(N3CC(C)NC(C)C3)ccc(C(=O)Nc3ccn4ccnc4c3)c2n1. The van der Waals surface area contributed by atoms with Crippen LogP contribution in [0.25, 0.3) is 16.6 Å². The molecule has 9 heteroatoms. The molecule has 9 nitrogen and oxygen atoms in total. The fraction of sp³-hybridized carbons (Fsp3) is 0.304. The number of nitrogens with zero attached hydrogens (tertiary/aromatic N) is 5. The van der Waals surface area contributed by atoms with Gasteiger partial charge >= 0.3 is 6.01 Å². The molecule has 5 rings (SSSR count). The molecule has 1 fully saturated rings. The van der Waals surface area contributed by atoms with Gasteiger partial charge in [0.2, 0.25) is 0 Å². The third kappa shape index (κ3) is 3.71. The largest absolute Gasteiger partial charge is 0.467 e. The molecular weight excluding hydrogens is 406 g/mol. The number of hydrogen-bond acceptors (Lipinski definition) is 7. The van der Waals surface area contributed by atoms with Crippen molar-refractivity contribution in [1.82, 2.24) is 24.7 Å². The molecule has 0 aliphatic carbocycles. The number of rotatable bonds is 4. The number of piperazine rings is 1. The Balaban J connectivity index is 1.54. The molecule has 2 unspecified atom stereocenters. The van der Waals surface area contributed by atoms with Gasteiger partial charge in [0.25, 0.3) is 5.91 Å². The van der Waals surface area contributed by atoms with E-state index in [0.717, 1.165) is 29.8 Å². The molecule has 1 amide bonds. The van der Waals surface area contributed by atoms with E-state index >= 15 is 0 Å². The highest BCUT2D eigenvalue weighted by atomic mass is 16.5. The van der Waals surface area contributed by atoms with Crippen molar-refractivity contribution in [2.24, 2.45) is 0 Å². The van der Waals surface area contributed by atoms with Crippen LogP contribution in [-0.2, 0) is 0 Å². The summed E-state index contributed by atoms with van der Waals surface area (Å²) in [4.78, 5) is 28.7. The monoisotopic (exact) mass is 431 g/mol. The molecule has 1 aliphatic heterocycles. The van der Waals surface area contributed by atoms with E-state index in [2.05, 4.69) is 44.3 Å². The van der Waals surface area contributed by atoms with Crippen molar-refractivity contribution in [3.8, 4) is 6.01 Å². The van der Waals surface area contributed by atoms with Gasteiger partial charge in [-0.25, -0.2) is 9.97 Å². The number of carbonyl (C=O) groups is 1. The summed E-state index contributed by atoms with van der Waals surface area (Å²) in [7, 11) is 1.52. The van der Waals surface area contributed by atoms with E-state index in [1.807, 2.05) is 41.1 Å². The summed E-state index contributed by atoms with van der Waals surface area (Å²) in [6, 6.07) is 8.41. The Morgan fingerprint density at radius 1 is 1.16 bits per heavy atom. The van der Waals surface area contributed by atoms with Gasteiger partial charge < -0.3 is 24.7 Å². The van der Waals surface area contributed by atoms with Crippen molar-refractivity contribution in [3.05, 3.63) is 54.6 Å². The second-order valence-corrected chi connectivity index (χ2v) is 8.19. The van der Waals surface area contributed by atoms with Gasteiger partial charge in [-0.3, -0.25) is 4.79 Å². The fourth-order valence-electron chi connectivity index (χ4n) is 4.36. The van der Waals surface area contributed by atoms with Crippen LogP contribution < -0.4 is 20.3 Å². The first kappa shape index (κ1) is 20.2. The zero-order valence-corrected chi connectivity index (χ0v) is 18.2. The second-order valence-electron chi connectivity index (χ2n) is 8.19. The number of pyridine rings is 1. The highest BCUT2D eigenvalue weighted by Crippen LogP contribution is 2.31. The van der Waals surface area contributed by atoms with Crippen LogP contribution in [0.15, 0.2) is 49.1 Å². The van der Waals surface area contributed by atoms with Crippen LogP contribution in [0.2, 0.25) is 0 Å². The smallest absolute Gasteiger partial charge is 0.316 e. The molecule has 0 radical (unpaired) electrons. The summed E-state index contributed by atoms with van der Waals surface area (Å²) in [5.41, 5.74) is 3.46. The van der Waals surface area contributed by atoms with Crippen molar-refractivity contribution >= 4 is 33.8 Å². The zero-order valence-electron chi connectivity index (χ0n) is 18.2. The lowest BCUT2D eigenvalue weighted by Crippen LogP contribution is -2.54. The highest BCUT2D eigenvalue weighted by Gasteiger charge is 2.24. The first-order valence-corrected chi connectivity index (χ1v) is 10.6. The standard InChI is InChI=1S/C23H25N7O2/c1-14-12-30(13-15(2)26-14)19-5-4-17(21-18(19)11-25-23(28-21)32-3)22(31)27-16-6-8-29-9-7-24-20(29)10-16/h4-11,14-15,26H,12-13H2,1-3H3,(H,27,31). The van der Waals surface area contributed by atoms with Gasteiger partial charge in [-0.05, 0) is 32.0 Å². The average Bonchev–Trinajstić information content (AvgIpc) is 3.25. The molecule has 4 heterocycles. The molecule has 164 valence electrons. The van der Waals surface area contributed by atoms with Crippen LogP contribution in [0.1, 0.15) is 24.2 Å². The van der Waals surface area contributed by atoms with Crippen LogP contribution in [0.4, 0.5) is 11.4 Å². The summed E-state index contributed by atoms with van der Waals surface area (Å²) in [5.74, 6) is -0.250. The van der Waals surface area contributed by atoms with Gasteiger partial charge in [0.05, 0.1) is 18.2 Å². The van der Waals surface area contributed by atoms with Gasteiger partial charge in [-0.1, -0.05) is 0 Å². The highest BCUT2D eigenvalue weighted by molar-refractivity contribution is 6.14. The molecule has 1 aromatic carbocycles. The zero-order chi connectivity index (χ0) is 22.2. The fourth-order valence-corrected chi connectivity index (χ4v) is 4.36. The first-order valence-electron chi connectivity index (χ1n) is 10.6. The number of amides is 1. The Morgan fingerprint density at radius 2 is 1.97 bits per heavy atom. The van der Waals surface area contributed by atoms with E-state index in [1.165, 1.54) is 7.11 Å². The topological polar surface area (TPSA) is 96.7 Å². The van der Waals surface area contributed by atoms with Crippen LogP contribution in [-0.4, -0.2) is 57.5 Å². The Hall–Kier alpha value is -3.72. The summed E-state index contributed by atoms with van der Waals surface area (Å²) >= 11 is 0. The predicted octanol–water partition coefficient (Wildman–Crippen LogP) is 2.73. The van der Waals surface area contributed by atoms with E-state index in [9.17, 15) is 4.79 Å². The van der Waals surface area contributed by atoms with Crippen molar-refractivity contribution in [2.45, 2.75) is 25.9 Å². The molecule has 0 spiro atoms. The molecule has 0 saturated carbocycles. The van der Waals surface area contributed by atoms with Crippen LogP contribution in [0.5, 0.6) is 6.01 Å². The molecular formula is C23H25N7O2. The summed E-state index contributed by atoms with van der Waals surface area (Å²) in [6.45, 7) is 6.06.